The molecule has 3 heterocycles. The maximum Gasteiger partial charge on any atom is 0.410 e. The summed E-state index contributed by atoms with van der Waals surface area (Å²) in [6.07, 6.45) is 5.22. The number of carbonyl (C=O) groups is 1. The van der Waals surface area contributed by atoms with Gasteiger partial charge in [0, 0.05) is 54.8 Å². The second-order valence-corrected chi connectivity index (χ2v) is 7.57. The Bertz CT molecular complexity index is 577. The van der Waals surface area contributed by atoms with E-state index in [2.05, 4.69) is 4.98 Å². The van der Waals surface area contributed by atoms with Crippen molar-refractivity contribution in [1.82, 2.24) is 9.88 Å². The first kappa shape index (κ1) is 15.4. The monoisotopic (exact) mass is 323 g/mol. The molecule has 1 amide bonds. The van der Waals surface area contributed by atoms with E-state index in [9.17, 15) is 4.79 Å². The number of halogens is 1. The molecule has 0 atom stereocenters. The van der Waals surface area contributed by atoms with Crippen molar-refractivity contribution in [2.45, 2.75) is 44.6 Å². The van der Waals surface area contributed by atoms with Crippen molar-refractivity contribution in [1.29, 1.82) is 0 Å². The smallest absolute Gasteiger partial charge is 0.410 e. The normalized spacial score (nSPS) is 20.2. The minimum atomic E-state index is -0.455. The highest BCUT2D eigenvalue weighted by molar-refractivity contribution is 6.26. The van der Waals surface area contributed by atoms with Crippen molar-refractivity contribution < 1.29 is 9.53 Å². The molecule has 0 bridgehead atoms. The fourth-order valence-corrected chi connectivity index (χ4v) is 3.69. The quantitative estimate of drug-likeness (QED) is 0.687. The Balaban J connectivity index is 1.71. The van der Waals surface area contributed by atoms with E-state index in [1.807, 2.05) is 33.0 Å². The summed E-state index contributed by atoms with van der Waals surface area (Å²) in [6.45, 7) is 7.82. The van der Waals surface area contributed by atoms with Crippen molar-refractivity contribution in [2.75, 3.05) is 24.1 Å². The van der Waals surface area contributed by atoms with Gasteiger partial charge in [-0.1, -0.05) is 0 Å². The molecule has 3 rings (SSSR count). The third-order valence-electron chi connectivity index (χ3n) is 4.44. The van der Waals surface area contributed by atoms with E-state index < -0.39 is 5.60 Å². The Morgan fingerprint density at radius 3 is 2.68 bits per heavy atom. The van der Waals surface area contributed by atoms with Crippen LogP contribution in [0.2, 0.25) is 0 Å². The molecule has 1 fully saturated rings. The van der Waals surface area contributed by atoms with Crippen molar-refractivity contribution >= 4 is 23.6 Å². The van der Waals surface area contributed by atoms with Crippen molar-refractivity contribution in [3.63, 3.8) is 0 Å². The summed E-state index contributed by atoms with van der Waals surface area (Å²) >= 11 is 6.35. The Morgan fingerprint density at radius 1 is 1.36 bits per heavy atom. The van der Waals surface area contributed by atoms with Crippen molar-refractivity contribution in [3.05, 3.63) is 24.0 Å². The topological polar surface area (TPSA) is 45.7 Å². The largest absolute Gasteiger partial charge is 0.444 e. The SMILES string of the molecule is CC(C)(C)OC(=O)N1CCC2(CC1)CN(Cl)c1ccncc12. The average molecular weight is 324 g/mol. The van der Waals surface area contributed by atoms with E-state index >= 15 is 0 Å². The molecular weight excluding hydrogens is 302 g/mol. The summed E-state index contributed by atoms with van der Waals surface area (Å²) in [7, 11) is 0. The van der Waals surface area contributed by atoms with E-state index in [1.54, 1.807) is 15.5 Å². The van der Waals surface area contributed by atoms with Crippen LogP contribution in [0.3, 0.4) is 0 Å². The number of amides is 1. The standard InChI is InChI=1S/C16H22ClN3O2/c1-15(2,3)22-14(21)19-8-5-16(6-9-19)11-20(17)13-4-7-18-10-12(13)16/h4,7,10H,5-6,8-9,11H2,1-3H3. The number of pyridine rings is 1. The van der Waals surface area contributed by atoms with Gasteiger partial charge >= 0.3 is 6.09 Å². The van der Waals surface area contributed by atoms with Crippen LogP contribution < -0.4 is 4.42 Å². The Kier molecular flexibility index (Phi) is 3.71. The molecule has 0 N–H and O–H groups in total. The predicted molar refractivity (Wildman–Crippen MR) is 86.2 cm³/mol. The number of ether oxygens (including phenoxy) is 1. The molecular formula is C16H22ClN3O2. The van der Waals surface area contributed by atoms with E-state index in [-0.39, 0.29) is 11.5 Å². The summed E-state index contributed by atoms with van der Waals surface area (Å²) in [5.74, 6) is 0. The highest BCUT2D eigenvalue weighted by Crippen LogP contribution is 2.47. The van der Waals surface area contributed by atoms with Gasteiger partial charge in [-0.15, -0.1) is 0 Å². The fraction of sp³-hybridized carbons (Fsp3) is 0.625. The zero-order valence-corrected chi connectivity index (χ0v) is 14.1. The van der Waals surface area contributed by atoms with Gasteiger partial charge in [-0.3, -0.25) is 9.40 Å². The summed E-state index contributed by atoms with van der Waals surface area (Å²) in [5, 5.41) is 0. The van der Waals surface area contributed by atoms with Crippen LogP contribution in [-0.2, 0) is 10.2 Å². The number of carbonyl (C=O) groups excluding carboxylic acids is 1. The molecule has 1 aromatic rings. The Morgan fingerprint density at radius 2 is 2.05 bits per heavy atom. The average Bonchev–Trinajstić information content (AvgIpc) is 2.71. The minimum Gasteiger partial charge on any atom is -0.444 e. The number of rotatable bonds is 0. The van der Waals surface area contributed by atoms with Crippen LogP contribution in [0.15, 0.2) is 18.5 Å². The molecule has 2 aliphatic rings. The number of hydrogen-bond donors (Lipinski definition) is 0. The summed E-state index contributed by atoms with van der Waals surface area (Å²) in [4.78, 5) is 18.2. The van der Waals surface area contributed by atoms with Crippen LogP contribution in [0.25, 0.3) is 0 Å². The number of fused-ring (bicyclic) bond motifs is 2. The minimum absolute atomic E-state index is 0.00383. The lowest BCUT2D eigenvalue weighted by Gasteiger charge is -2.39. The molecule has 120 valence electrons. The van der Waals surface area contributed by atoms with Crippen LogP contribution in [0, 0.1) is 0 Å². The zero-order chi connectivity index (χ0) is 16.0. The molecule has 2 aliphatic heterocycles. The van der Waals surface area contributed by atoms with Gasteiger partial charge in [-0.05, 0) is 39.7 Å². The first-order chi connectivity index (χ1) is 10.3. The molecule has 0 aliphatic carbocycles. The van der Waals surface area contributed by atoms with Gasteiger partial charge in [0.2, 0.25) is 0 Å². The van der Waals surface area contributed by atoms with Gasteiger partial charge in [0.1, 0.15) is 5.60 Å². The highest BCUT2D eigenvalue weighted by Gasteiger charge is 2.45. The summed E-state index contributed by atoms with van der Waals surface area (Å²) in [5.41, 5.74) is 1.80. The molecule has 0 saturated carbocycles. The predicted octanol–water partition coefficient (Wildman–Crippen LogP) is 3.32. The molecule has 5 nitrogen and oxygen atoms in total. The molecule has 1 spiro atoms. The Labute approximate surface area is 136 Å². The van der Waals surface area contributed by atoms with Crippen LogP contribution in [0.1, 0.15) is 39.2 Å². The van der Waals surface area contributed by atoms with Gasteiger partial charge in [0.15, 0.2) is 0 Å². The molecule has 1 saturated heterocycles. The third kappa shape index (κ3) is 2.74. The first-order valence-corrected chi connectivity index (χ1v) is 8.00. The highest BCUT2D eigenvalue weighted by atomic mass is 35.5. The van der Waals surface area contributed by atoms with Crippen LogP contribution >= 0.6 is 11.8 Å². The number of hydrogen-bond acceptors (Lipinski definition) is 4. The summed E-state index contributed by atoms with van der Waals surface area (Å²) in [6, 6.07) is 1.96. The lowest BCUT2D eigenvalue weighted by Crippen LogP contribution is -2.47. The molecule has 0 aromatic carbocycles. The number of nitrogens with zero attached hydrogens (tertiary/aromatic N) is 3. The maximum atomic E-state index is 12.2. The molecule has 0 radical (unpaired) electrons. The lowest BCUT2D eigenvalue weighted by molar-refractivity contribution is 0.0171. The van der Waals surface area contributed by atoms with E-state index in [0.29, 0.717) is 13.1 Å². The van der Waals surface area contributed by atoms with Gasteiger partial charge in [-0.25, -0.2) is 4.79 Å². The fourth-order valence-electron chi connectivity index (χ4n) is 3.31. The van der Waals surface area contributed by atoms with E-state index in [1.165, 1.54) is 5.56 Å². The van der Waals surface area contributed by atoms with Gasteiger partial charge in [0.05, 0.1) is 5.69 Å². The van der Waals surface area contributed by atoms with Crippen LogP contribution in [-0.4, -0.2) is 41.2 Å². The van der Waals surface area contributed by atoms with Gasteiger partial charge in [0.25, 0.3) is 0 Å². The zero-order valence-electron chi connectivity index (χ0n) is 13.3. The number of piperidine rings is 1. The van der Waals surface area contributed by atoms with Crippen molar-refractivity contribution in [2.24, 2.45) is 0 Å². The van der Waals surface area contributed by atoms with Gasteiger partial charge < -0.3 is 9.64 Å². The first-order valence-electron chi connectivity index (χ1n) is 7.67. The Hall–Kier alpha value is -1.49. The van der Waals surface area contributed by atoms with Crippen molar-refractivity contribution in [3.8, 4) is 0 Å². The lowest BCUT2D eigenvalue weighted by atomic mass is 9.75. The number of aromatic nitrogens is 1. The second kappa shape index (κ2) is 5.30. The van der Waals surface area contributed by atoms with Gasteiger partial charge in [-0.2, -0.15) is 0 Å². The third-order valence-corrected chi connectivity index (χ3v) is 4.75. The second-order valence-electron chi connectivity index (χ2n) is 7.16. The maximum absolute atomic E-state index is 12.2. The molecule has 0 unspecified atom stereocenters. The van der Waals surface area contributed by atoms with E-state index in [4.69, 9.17) is 16.5 Å². The number of anilines is 1. The number of likely N-dealkylation sites (tertiary alicyclic amines) is 1. The van der Waals surface area contributed by atoms with Crippen LogP contribution in [0.5, 0.6) is 0 Å². The molecule has 22 heavy (non-hydrogen) atoms. The molecule has 6 heteroatoms. The van der Waals surface area contributed by atoms with Crippen LogP contribution in [0.4, 0.5) is 10.5 Å². The van der Waals surface area contributed by atoms with E-state index in [0.717, 1.165) is 25.1 Å². The summed E-state index contributed by atoms with van der Waals surface area (Å²) < 4.78 is 7.23. The molecule has 1 aromatic heterocycles.